The molecular weight excluding hydrogens is 468 g/mol. The van der Waals surface area contributed by atoms with Crippen LogP contribution in [-0.2, 0) is 16.0 Å². The molecule has 8 nitrogen and oxygen atoms in total. The van der Waals surface area contributed by atoms with E-state index in [1.54, 1.807) is 13.3 Å². The Balaban J connectivity index is 1.44. The van der Waals surface area contributed by atoms with Crippen molar-refractivity contribution < 1.29 is 19.3 Å². The fourth-order valence-corrected chi connectivity index (χ4v) is 5.53. The van der Waals surface area contributed by atoms with Gasteiger partial charge in [-0.2, -0.15) is 0 Å². The van der Waals surface area contributed by atoms with Crippen molar-refractivity contribution in [3.63, 3.8) is 0 Å². The van der Waals surface area contributed by atoms with Crippen LogP contribution in [0.5, 0.6) is 5.75 Å². The molecule has 2 fully saturated rings. The number of hydrogen-bond acceptors (Lipinski definition) is 7. The first-order valence-electron chi connectivity index (χ1n) is 12.9. The minimum Gasteiger partial charge on any atom is -0.497 e. The number of nitrogens with zero attached hydrogens (tertiary/aromatic N) is 3. The monoisotopic (exact) mass is 500 g/mol. The van der Waals surface area contributed by atoms with E-state index in [9.17, 15) is 0 Å². The normalized spacial score (nSPS) is 18.9. The van der Waals surface area contributed by atoms with Gasteiger partial charge in [-0.3, -0.25) is 0 Å². The van der Waals surface area contributed by atoms with E-state index in [0.29, 0.717) is 12.5 Å². The summed E-state index contributed by atoms with van der Waals surface area (Å²) in [5.41, 5.74) is 7.31. The van der Waals surface area contributed by atoms with Crippen molar-refractivity contribution in [1.82, 2.24) is 14.9 Å². The SMILES string of the molecule is COc1cc(-c2[nH]c3ncc(C#CCCO)cc3c2CN2C3=COCC2CC3)ccc1N1CCOCC1. The molecule has 1 aromatic carbocycles. The summed E-state index contributed by atoms with van der Waals surface area (Å²) in [6.45, 7) is 4.69. The summed E-state index contributed by atoms with van der Waals surface area (Å²) in [5, 5.41) is 10.2. The van der Waals surface area contributed by atoms with Crippen LogP contribution < -0.4 is 9.64 Å². The van der Waals surface area contributed by atoms with Crippen molar-refractivity contribution in [1.29, 1.82) is 0 Å². The van der Waals surface area contributed by atoms with Gasteiger partial charge in [0.2, 0.25) is 0 Å². The van der Waals surface area contributed by atoms with Crippen molar-refractivity contribution in [2.45, 2.75) is 31.8 Å². The number of pyridine rings is 1. The van der Waals surface area contributed by atoms with E-state index < -0.39 is 0 Å². The fraction of sp³-hybridized carbons (Fsp3) is 0.414. The number of allylic oxidation sites excluding steroid dienone is 1. The predicted octanol–water partition coefficient (Wildman–Crippen LogP) is 3.65. The Kier molecular flexibility index (Phi) is 6.64. The van der Waals surface area contributed by atoms with Gasteiger partial charge in [-0.25, -0.2) is 4.98 Å². The smallest absolute Gasteiger partial charge is 0.142 e. The molecular formula is C29H32N4O4. The number of aromatic nitrogens is 2. The standard InChI is InChI=1S/C29H32N4O4/c1-35-27-15-21(5-8-26(27)32-9-12-36-13-10-32)28-25(17-33-22-6-7-23(33)19-37-18-22)24-14-20(4-2-3-11-34)16-30-29(24)31-28/h5,8,14-16,18,23,34H,3,6-7,9-13,17,19H2,1H3,(H,30,31). The molecule has 37 heavy (non-hydrogen) atoms. The van der Waals surface area contributed by atoms with Gasteiger partial charge in [-0.1, -0.05) is 17.9 Å². The lowest BCUT2D eigenvalue weighted by Crippen LogP contribution is -2.36. The quantitative estimate of drug-likeness (QED) is 0.500. The zero-order valence-corrected chi connectivity index (χ0v) is 21.1. The molecule has 0 aliphatic carbocycles. The molecule has 8 heteroatoms. The predicted molar refractivity (Wildman–Crippen MR) is 142 cm³/mol. The van der Waals surface area contributed by atoms with E-state index in [-0.39, 0.29) is 6.61 Å². The number of aliphatic hydroxyl groups excluding tert-OH is 1. The summed E-state index contributed by atoms with van der Waals surface area (Å²) in [6.07, 6.45) is 6.31. The van der Waals surface area contributed by atoms with Crippen LogP contribution in [-0.4, -0.2) is 72.6 Å². The van der Waals surface area contributed by atoms with Gasteiger partial charge in [-0.15, -0.1) is 0 Å². The van der Waals surface area contributed by atoms with E-state index in [2.05, 4.69) is 50.9 Å². The van der Waals surface area contributed by atoms with E-state index in [0.717, 1.165) is 91.6 Å². The highest BCUT2D eigenvalue weighted by molar-refractivity contribution is 5.90. The highest BCUT2D eigenvalue weighted by atomic mass is 16.5. The third-order valence-electron chi connectivity index (χ3n) is 7.43. The van der Waals surface area contributed by atoms with Gasteiger partial charge in [-0.05, 0) is 31.0 Å². The molecule has 3 aliphatic heterocycles. The molecule has 2 bridgehead atoms. The summed E-state index contributed by atoms with van der Waals surface area (Å²) < 4.78 is 17.1. The Labute approximate surface area is 216 Å². The van der Waals surface area contributed by atoms with E-state index in [1.807, 2.05) is 6.26 Å². The van der Waals surface area contributed by atoms with Gasteiger partial charge < -0.3 is 34.1 Å². The first kappa shape index (κ1) is 23.7. The molecule has 2 N–H and O–H groups in total. The van der Waals surface area contributed by atoms with Crippen LogP contribution in [0.1, 0.15) is 30.4 Å². The number of fused-ring (bicyclic) bond motifs is 3. The van der Waals surface area contributed by atoms with Crippen molar-refractivity contribution in [3.05, 3.63) is 53.5 Å². The van der Waals surface area contributed by atoms with Gasteiger partial charge in [0.15, 0.2) is 0 Å². The minimum absolute atomic E-state index is 0.0536. The number of aromatic amines is 1. The van der Waals surface area contributed by atoms with Crippen LogP contribution in [0, 0.1) is 11.8 Å². The van der Waals surface area contributed by atoms with Crippen LogP contribution in [0.4, 0.5) is 5.69 Å². The Morgan fingerprint density at radius 3 is 2.95 bits per heavy atom. The molecule has 3 aromatic rings. The van der Waals surface area contributed by atoms with E-state index in [1.165, 1.54) is 11.3 Å². The molecule has 192 valence electrons. The lowest BCUT2D eigenvalue weighted by molar-refractivity contribution is 0.118. The molecule has 2 aromatic heterocycles. The second kappa shape index (κ2) is 10.4. The number of rotatable bonds is 6. The molecule has 1 unspecified atom stereocenters. The van der Waals surface area contributed by atoms with Crippen LogP contribution in [0.2, 0.25) is 0 Å². The molecule has 0 spiro atoms. The molecule has 1 atom stereocenters. The lowest BCUT2D eigenvalue weighted by atomic mass is 10.0. The van der Waals surface area contributed by atoms with Crippen LogP contribution >= 0.6 is 0 Å². The number of aliphatic hydroxyl groups is 1. The molecule has 0 amide bonds. The topological polar surface area (TPSA) is 83.1 Å². The number of H-pyrrole nitrogens is 1. The minimum atomic E-state index is 0.0536. The maximum atomic E-state index is 9.11. The first-order valence-corrected chi connectivity index (χ1v) is 12.9. The number of anilines is 1. The Morgan fingerprint density at radius 2 is 2.14 bits per heavy atom. The second-order valence-corrected chi connectivity index (χ2v) is 9.62. The molecule has 6 rings (SSSR count). The van der Waals surface area contributed by atoms with Gasteiger partial charge in [0, 0.05) is 60.0 Å². The average Bonchev–Trinajstić information content (AvgIpc) is 3.39. The zero-order chi connectivity index (χ0) is 25.2. The van der Waals surface area contributed by atoms with Crippen LogP contribution in [0.25, 0.3) is 22.3 Å². The number of hydrogen-bond donors (Lipinski definition) is 2. The van der Waals surface area contributed by atoms with Crippen molar-refractivity contribution in [3.8, 4) is 28.8 Å². The van der Waals surface area contributed by atoms with Gasteiger partial charge in [0.1, 0.15) is 24.3 Å². The molecule has 0 saturated carbocycles. The van der Waals surface area contributed by atoms with Gasteiger partial charge >= 0.3 is 0 Å². The third-order valence-corrected chi connectivity index (χ3v) is 7.43. The summed E-state index contributed by atoms with van der Waals surface area (Å²) in [5.74, 6) is 7.01. The molecule has 2 saturated heterocycles. The maximum absolute atomic E-state index is 9.11. The molecule has 5 heterocycles. The Morgan fingerprint density at radius 1 is 1.24 bits per heavy atom. The Bertz CT molecular complexity index is 1380. The first-order chi connectivity index (χ1) is 18.2. The number of nitrogens with one attached hydrogen (secondary N) is 1. The largest absolute Gasteiger partial charge is 0.497 e. The zero-order valence-electron chi connectivity index (χ0n) is 21.1. The van der Waals surface area contributed by atoms with Crippen LogP contribution in [0.15, 0.2) is 42.4 Å². The molecule has 0 radical (unpaired) electrons. The second-order valence-electron chi connectivity index (χ2n) is 9.62. The highest BCUT2D eigenvalue weighted by Crippen LogP contribution is 2.40. The maximum Gasteiger partial charge on any atom is 0.142 e. The lowest BCUT2D eigenvalue weighted by Gasteiger charge is -2.31. The van der Waals surface area contributed by atoms with E-state index in [4.69, 9.17) is 24.3 Å². The summed E-state index contributed by atoms with van der Waals surface area (Å²) >= 11 is 0. The summed E-state index contributed by atoms with van der Waals surface area (Å²) in [6, 6.07) is 8.93. The van der Waals surface area contributed by atoms with E-state index >= 15 is 0 Å². The van der Waals surface area contributed by atoms with Crippen molar-refractivity contribution in [2.24, 2.45) is 0 Å². The van der Waals surface area contributed by atoms with Crippen LogP contribution in [0.3, 0.4) is 0 Å². The Hall–Kier alpha value is -3.67. The number of morpholine rings is 1. The number of methoxy groups -OCH3 is 1. The summed E-state index contributed by atoms with van der Waals surface area (Å²) in [7, 11) is 1.73. The highest BCUT2D eigenvalue weighted by Gasteiger charge is 2.33. The van der Waals surface area contributed by atoms with Crippen molar-refractivity contribution in [2.75, 3.05) is 51.5 Å². The summed E-state index contributed by atoms with van der Waals surface area (Å²) in [4.78, 5) is 13.1. The number of ether oxygens (including phenoxy) is 3. The van der Waals surface area contributed by atoms with Crippen molar-refractivity contribution >= 4 is 16.7 Å². The number of benzene rings is 1. The fourth-order valence-electron chi connectivity index (χ4n) is 5.53. The van der Waals surface area contributed by atoms with Gasteiger partial charge in [0.05, 0.1) is 44.4 Å². The third kappa shape index (κ3) is 4.61. The average molecular weight is 501 g/mol. The van der Waals surface area contributed by atoms with Gasteiger partial charge in [0.25, 0.3) is 0 Å². The molecule has 3 aliphatic rings.